The van der Waals surface area contributed by atoms with Gasteiger partial charge in [-0.05, 0) is 42.8 Å². The van der Waals surface area contributed by atoms with Crippen LogP contribution < -0.4 is 5.32 Å². The van der Waals surface area contributed by atoms with Crippen molar-refractivity contribution in [2.24, 2.45) is 0 Å². The van der Waals surface area contributed by atoms with Crippen molar-refractivity contribution in [3.63, 3.8) is 0 Å². The Labute approximate surface area is 105 Å². The fraction of sp³-hybridized carbons (Fsp3) is 0.286. The van der Waals surface area contributed by atoms with Gasteiger partial charge in [-0.25, -0.2) is 4.39 Å². The highest BCUT2D eigenvalue weighted by Crippen LogP contribution is 2.32. The molecule has 0 aliphatic heterocycles. The third-order valence-electron chi connectivity index (χ3n) is 2.60. The Balaban J connectivity index is 2.29. The molecule has 0 fully saturated rings. The van der Waals surface area contributed by atoms with Crippen LogP contribution in [0.2, 0.25) is 0 Å². The predicted octanol–water partition coefficient (Wildman–Crippen LogP) is 3.97. The molecule has 0 atom stereocenters. The highest BCUT2D eigenvalue weighted by atomic mass is 32.1. The van der Waals surface area contributed by atoms with Crippen LogP contribution >= 0.6 is 11.3 Å². The van der Waals surface area contributed by atoms with E-state index in [4.69, 9.17) is 0 Å². The molecule has 3 heteroatoms. The van der Waals surface area contributed by atoms with Crippen LogP contribution in [-0.2, 0) is 6.54 Å². The van der Waals surface area contributed by atoms with E-state index in [1.54, 1.807) is 23.5 Å². The van der Waals surface area contributed by atoms with Crippen LogP contribution in [0, 0.1) is 12.7 Å². The van der Waals surface area contributed by atoms with Crippen LogP contribution in [0.25, 0.3) is 10.4 Å². The van der Waals surface area contributed by atoms with Gasteiger partial charge in [0.15, 0.2) is 0 Å². The molecule has 2 rings (SSSR count). The summed E-state index contributed by atoms with van der Waals surface area (Å²) in [6, 6.07) is 8.96. The highest BCUT2D eigenvalue weighted by molar-refractivity contribution is 7.15. The molecule has 1 aromatic carbocycles. The smallest absolute Gasteiger partial charge is 0.123 e. The van der Waals surface area contributed by atoms with Gasteiger partial charge in [0.25, 0.3) is 0 Å². The van der Waals surface area contributed by atoms with Crippen LogP contribution in [0.4, 0.5) is 4.39 Å². The zero-order valence-corrected chi connectivity index (χ0v) is 10.9. The summed E-state index contributed by atoms with van der Waals surface area (Å²) in [7, 11) is 0. The normalized spacial score (nSPS) is 10.8. The molecule has 0 spiro atoms. The lowest BCUT2D eigenvalue weighted by molar-refractivity contribution is 0.628. The third-order valence-corrected chi connectivity index (χ3v) is 3.89. The lowest BCUT2D eigenvalue weighted by Crippen LogP contribution is -2.10. The Hall–Kier alpha value is -1.19. The molecule has 1 aromatic heterocycles. The summed E-state index contributed by atoms with van der Waals surface area (Å²) in [6.07, 6.45) is 0. The maximum Gasteiger partial charge on any atom is 0.123 e. The van der Waals surface area contributed by atoms with E-state index in [9.17, 15) is 4.39 Å². The molecule has 0 saturated heterocycles. The van der Waals surface area contributed by atoms with Crippen molar-refractivity contribution in [2.75, 3.05) is 6.54 Å². The molecule has 1 heterocycles. The minimum Gasteiger partial charge on any atom is -0.312 e. The maximum absolute atomic E-state index is 13.2. The molecule has 0 unspecified atom stereocenters. The summed E-state index contributed by atoms with van der Waals surface area (Å²) in [5.74, 6) is -0.177. The van der Waals surface area contributed by atoms with Gasteiger partial charge in [0, 0.05) is 16.3 Å². The summed E-state index contributed by atoms with van der Waals surface area (Å²) < 4.78 is 13.2. The van der Waals surface area contributed by atoms with Gasteiger partial charge in [-0.15, -0.1) is 11.3 Å². The van der Waals surface area contributed by atoms with Crippen molar-refractivity contribution in [1.82, 2.24) is 5.32 Å². The second kappa shape index (κ2) is 5.43. The standard InChI is InChI=1S/C14H16FNS/c1-3-16-9-13-7-10(2)14(17-13)11-5-4-6-12(15)8-11/h4-8,16H,3,9H2,1-2H3. The van der Waals surface area contributed by atoms with Gasteiger partial charge in [-0.2, -0.15) is 0 Å². The first-order valence-electron chi connectivity index (χ1n) is 5.76. The number of benzene rings is 1. The molecule has 17 heavy (non-hydrogen) atoms. The van der Waals surface area contributed by atoms with Crippen molar-refractivity contribution in [3.8, 4) is 10.4 Å². The Morgan fingerprint density at radius 3 is 2.82 bits per heavy atom. The molecule has 90 valence electrons. The molecule has 0 aliphatic rings. The summed E-state index contributed by atoms with van der Waals surface area (Å²) in [5, 5.41) is 3.30. The Bertz CT molecular complexity index is 505. The van der Waals surface area contributed by atoms with Crippen LogP contribution in [0.3, 0.4) is 0 Å². The molecule has 0 aliphatic carbocycles. The van der Waals surface area contributed by atoms with E-state index in [2.05, 4.69) is 25.2 Å². The van der Waals surface area contributed by atoms with Crippen LogP contribution in [0.5, 0.6) is 0 Å². The predicted molar refractivity (Wildman–Crippen MR) is 71.8 cm³/mol. The number of hydrogen-bond acceptors (Lipinski definition) is 2. The molecule has 0 bridgehead atoms. The average Bonchev–Trinajstić information content (AvgIpc) is 2.68. The molecular weight excluding hydrogens is 233 g/mol. The van der Waals surface area contributed by atoms with Gasteiger partial charge in [-0.1, -0.05) is 19.1 Å². The largest absolute Gasteiger partial charge is 0.312 e. The fourth-order valence-electron chi connectivity index (χ4n) is 1.80. The first-order valence-corrected chi connectivity index (χ1v) is 6.58. The molecule has 1 N–H and O–H groups in total. The molecule has 1 nitrogen and oxygen atoms in total. The van der Waals surface area contributed by atoms with Gasteiger partial charge in [0.05, 0.1) is 0 Å². The van der Waals surface area contributed by atoms with Gasteiger partial charge in [0.2, 0.25) is 0 Å². The van der Waals surface area contributed by atoms with Gasteiger partial charge < -0.3 is 5.32 Å². The number of nitrogens with one attached hydrogen (secondary N) is 1. The van der Waals surface area contributed by atoms with E-state index in [0.717, 1.165) is 23.5 Å². The Kier molecular flexibility index (Phi) is 3.92. The van der Waals surface area contributed by atoms with Gasteiger partial charge in [-0.3, -0.25) is 0 Å². The van der Waals surface area contributed by atoms with Crippen molar-refractivity contribution in [3.05, 3.63) is 46.6 Å². The third kappa shape index (κ3) is 2.93. The second-order valence-electron chi connectivity index (χ2n) is 4.02. The van der Waals surface area contributed by atoms with Crippen molar-refractivity contribution < 1.29 is 4.39 Å². The number of rotatable bonds is 4. The van der Waals surface area contributed by atoms with E-state index in [1.807, 2.05) is 6.07 Å². The highest BCUT2D eigenvalue weighted by Gasteiger charge is 2.08. The summed E-state index contributed by atoms with van der Waals surface area (Å²) in [6.45, 7) is 6.02. The van der Waals surface area contributed by atoms with E-state index >= 15 is 0 Å². The molecule has 0 amide bonds. The zero-order valence-electron chi connectivity index (χ0n) is 10.1. The lowest BCUT2D eigenvalue weighted by atomic mass is 10.1. The van der Waals surface area contributed by atoms with Crippen LogP contribution in [0.15, 0.2) is 30.3 Å². The number of halogens is 1. The van der Waals surface area contributed by atoms with Crippen molar-refractivity contribution in [2.45, 2.75) is 20.4 Å². The van der Waals surface area contributed by atoms with E-state index in [-0.39, 0.29) is 5.82 Å². The van der Waals surface area contributed by atoms with Gasteiger partial charge >= 0.3 is 0 Å². The number of aryl methyl sites for hydroxylation is 1. The van der Waals surface area contributed by atoms with Crippen LogP contribution in [0.1, 0.15) is 17.4 Å². The number of hydrogen-bond donors (Lipinski definition) is 1. The summed E-state index contributed by atoms with van der Waals surface area (Å²) in [4.78, 5) is 2.46. The number of thiophene rings is 1. The van der Waals surface area contributed by atoms with Crippen LogP contribution in [-0.4, -0.2) is 6.54 Å². The van der Waals surface area contributed by atoms with Gasteiger partial charge in [0.1, 0.15) is 5.82 Å². The molecule has 2 aromatic rings. The maximum atomic E-state index is 13.2. The SMILES string of the molecule is CCNCc1cc(C)c(-c2cccc(F)c2)s1. The van der Waals surface area contributed by atoms with E-state index in [0.29, 0.717) is 0 Å². The summed E-state index contributed by atoms with van der Waals surface area (Å²) in [5.41, 5.74) is 2.18. The average molecular weight is 249 g/mol. The van der Waals surface area contributed by atoms with E-state index in [1.165, 1.54) is 16.5 Å². The quantitative estimate of drug-likeness (QED) is 0.864. The zero-order chi connectivity index (χ0) is 12.3. The Morgan fingerprint density at radius 1 is 1.29 bits per heavy atom. The minimum absolute atomic E-state index is 0.177. The van der Waals surface area contributed by atoms with Crippen molar-refractivity contribution in [1.29, 1.82) is 0 Å². The minimum atomic E-state index is -0.177. The van der Waals surface area contributed by atoms with E-state index < -0.39 is 0 Å². The first-order chi connectivity index (χ1) is 8.20. The molecular formula is C14H16FNS. The molecule has 0 radical (unpaired) electrons. The fourth-order valence-corrected chi connectivity index (χ4v) is 2.94. The Morgan fingerprint density at radius 2 is 2.12 bits per heavy atom. The molecule has 0 saturated carbocycles. The van der Waals surface area contributed by atoms with Crippen molar-refractivity contribution >= 4 is 11.3 Å². The second-order valence-corrected chi connectivity index (χ2v) is 5.15. The first kappa shape index (κ1) is 12.3. The lowest BCUT2D eigenvalue weighted by Gasteiger charge is -1.99. The summed E-state index contributed by atoms with van der Waals surface area (Å²) >= 11 is 1.73. The monoisotopic (exact) mass is 249 g/mol. The topological polar surface area (TPSA) is 12.0 Å².